The van der Waals surface area contributed by atoms with Crippen molar-refractivity contribution in [3.05, 3.63) is 130 Å². The topological polar surface area (TPSA) is 117 Å². The highest BCUT2D eigenvalue weighted by Gasteiger charge is 2.32. The molecule has 0 spiro atoms. The van der Waals surface area contributed by atoms with Crippen molar-refractivity contribution in [3.8, 4) is 29.1 Å². The summed E-state index contributed by atoms with van der Waals surface area (Å²) in [5, 5.41) is 10.9. The third kappa shape index (κ3) is 5.41. The minimum absolute atomic E-state index is 0.0591. The lowest BCUT2D eigenvalue weighted by Gasteiger charge is -2.27. The van der Waals surface area contributed by atoms with Gasteiger partial charge >= 0.3 is 5.97 Å². The number of hydrogen-bond donors (Lipinski definition) is 1. The second-order valence-electron chi connectivity index (χ2n) is 10.1. The van der Waals surface area contributed by atoms with Gasteiger partial charge in [0.15, 0.2) is 11.5 Å². The summed E-state index contributed by atoms with van der Waals surface area (Å²) in [6.07, 6.45) is 0. The van der Waals surface area contributed by atoms with Crippen LogP contribution in [0.25, 0.3) is 11.0 Å². The van der Waals surface area contributed by atoms with E-state index in [0.717, 1.165) is 10.9 Å². The first-order valence-electron chi connectivity index (χ1n) is 13.9. The molecule has 0 aliphatic carbocycles. The van der Waals surface area contributed by atoms with Gasteiger partial charge in [-0.15, -0.1) is 0 Å². The molecule has 5 aromatic rings. The fraction of sp³-hybridized carbons (Fsp3) is 0.143. The minimum atomic E-state index is -0.648. The molecule has 0 saturated heterocycles. The minimum Gasteiger partial charge on any atom is -0.490 e. The second kappa shape index (κ2) is 11.9. The first-order chi connectivity index (χ1) is 21.4. The van der Waals surface area contributed by atoms with E-state index in [1.54, 1.807) is 55.5 Å². The molecule has 0 saturated carbocycles. The predicted octanol–water partition coefficient (Wildman–Crippen LogP) is 7.30. The van der Waals surface area contributed by atoms with Crippen LogP contribution in [0.5, 0.6) is 23.0 Å². The van der Waals surface area contributed by atoms with Crippen LogP contribution < -0.4 is 24.7 Å². The van der Waals surface area contributed by atoms with Crippen molar-refractivity contribution in [2.75, 3.05) is 6.61 Å². The number of nitriles is 1. The summed E-state index contributed by atoms with van der Waals surface area (Å²) < 4.78 is 42.4. The first-order valence-corrected chi connectivity index (χ1v) is 13.9. The van der Waals surface area contributed by atoms with E-state index < -0.39 is 11.9 Å². The summed E-state index contributed by atoms with van der Waals surface area (Å²) in [7, 11) is 0. The number of nitrogens with zero attached hydrogens (tertiary/aromatic N) is 1. The van der Waals surface area contributed by atoms with E-state index in [4.69, 9.17) is 29.1 Å². The summed E-state index contributed by atoms with van der Waals surface area (Å²) in [5.74, 6) is 0.0232. The molecule has 1 aliphatic heterocycles. The third-order valence-electron chi connectivity index (χ3n) is 7.34. The molecule has 6 rings (SSSR count). The standard InChI is InChI=1S/C35H27FN2O6/c1-3-40-31-16-22(10-15-29(31)41-19-21-8-11-23(36)12-9-21)32-26-14-13-24(17-30(26)44-34(38)27(32)18-37)42-35(39)33-20(2)25-6-4-5-7-28(25)43-33/h4-17,32H,3,19,38H2,1-2H3. The number of rotatable bonds is 8. The molecule has 2 heterocycles. The third-order valence-corrected chi connectivity index (χ3v) is 7.34. The average molecular weight is 591 g/mol. The molecule has 0 radical (unpaired) electrons. The zero-order chi connectivity index (χ0) is 30.8. The Bertz CT molecular complexity index is 1950. The lowest BCUT2D eigenvalue weighted by molar-refractivity contribution is 0.0702. The molecule has 2 N–H and O–H groups in total. The van der Waals surface area contributed by atoms with Crippen LogP contribution in [0.15, 0.2) is 101 Å². The lowest BCUT2D eigenvalue weighted by Crippen LogP contribution is -2.21. The Kier molecular flexibility index (Phi) is 7.65. The van der Waals surface area contributed by atoms with Crippen molar-refractivity contribution < 1.29 is 32.5 Å². The SMILES string of the molecule is CCOc1cc(C2C(C#N)=C(N)Oc3cc(OC(=O)c4oc5ccccc5c4C)ccc32)ccc1OCc1ccc(F)cc1. The number of para-hydroxylation sites is 1. The monoisotopic (exact) mass is 590 g/mol. The summed E-state index contributed by atoms with van der Waals surface area (Å²) in [5.41, 5.74) is 9.88. The highest BCUT2D eigenvalue weighted by Crippen LogP contribution is 2.45. The van der Waals surface area contributed by atoms with Crippen molar-refractivity contribution in [1.29, 1.82) is 5.26 Å². The van der Waals surface area contributed by atoms with Crippen LogP contribution in [-0.2, 0) is 6.61 Å². The number of carbonyl (C=O) groups is 1. The summed E-state index contributed by atoms with van der Waals surface area (Å²) in [6.45, 7) is 4.25. The molecule has 1 aromatic heterocycles. The Morgan fingerprint density at radius 3 is 2.55 bits per heavy atom. The Morgan fingerprint density at radius 2 is 1.80 bits per heavy atom. The van der Waals surface area contributed by atoms with Crippen LogP contribution in [0.2, 0.25) is 0 Å². The van der Waals surface area contributed by atoms with Crippen LogP contribution in [0.1, 0.15) is 45.7 Å². The first kappa shape index (κ1) is 28.4. The fourth-order valence-electron chi connectivity index (χ4n) is 5.20. The predicted molar refractivity (Wildman–Crippen MR) is 160 cm³/mol. The Morgan fingerprint density at radius 1 is 1.00 bits per heavy atom. The van der Waals surface area contributed by atoms with Crippen molar-refractivity contribution in [3.63, 3.8) is 0 Å². The maximum Gasteiger partial charge on any atom is 0.379 e. The van der Waals surface area contributed by atoms with Gasteiger partial charge in [-0.05, 0) is 61.4 Å². The van der Waals surface area contributed by atoms with E-state index in [1.165, 1.54) is 12.1 Å². The van der Waals surface area contributed by atoms with Crippen molar-refractivity contribution in [2.45, 2.75) is 26.4 Å². The molecule has 0 fully saturated rings. The lowest BCUT2D eigenvalue weighted by atomic mass is 9.83. The van der Waals surface area contributed by atoms with Gasteiger partial charge in [-0.2, -0.15) is 5.26 Å². The maximum atomic E-state index is 13.3. The van der Waals surface area contributed by atoms with E-state index in [9.17, 15) is 14.4 Å². The van der Waals surface area contributed by atoms with Gasteiger partial charge in [-0.25, -0.2) is 9.18 Å². The molecular formula is C35H27FN2O6. The molecule has 1 unspecified atom stereocenters. The van der Waals surface area contributed by atoms with Crippen molar-refractivity contribution in [1.82, 2.24) is 0 Å². The van der Waals surface area contributed by atoms with Gasteiger partial charge in [0.05, 0.1) is 12.5 Å². The van der Waals surface area contributed by atoms with Gasteiger partial charge in [0.25, 0.3) is 0 Å². The summed E-state index contributed by atoms with van der Waals surface area (Å²) in [4.78, 5) is 13.0. The summed E-state index contributed by atoms with van der Waals surface area (Å²) in [6, 6.07) is 25.9. The molecule has 4 aromatic carbocycles. The van der Waals surface area contributed by atoms with Gasteiger partial charge < -0.3 is 29.1 Å². The highest BCUT2D eigenvalue weighted by atomic mass is 19.1. The number of hydrogen-bond acceptors (Lipinski definition) is 8. The van der Waals surface area contributed by atoms with Crippen LogP contribution >= 0.6 is 0 Å². The molecule has 1 aliphatic rings. The number of furan rings is 1. The van der Waals surface area contributed by atoms with Gasteiger partial charge in [0.2, 0.25) is 11.6 Å². The number of allylic oxidation sites excluding steroid dienone is 1. The number of fused-ring (bicyclic) bond motifs is 2. The zero-order valence-electron chi connectivity index (χ0n) is 23.9. The molecule has 220 valence electrons. The van der Waals surface area contributed by atoms with Crippen LogP contribution in [-0.4, -0.2) is 12.6 Å². The molecule has 44 heavy (non-hydrogen) atoms. The number of halogens is 1. The van der Waals surface area contributed by atoms with Crippen LogP contribution in [0.4, 0.5) is 4.39 Å². The quantitative estimate of drug-likeness (QED) is 0.148. The Balaban J connectivity index is 1.29. The van der Waals surface area contributed by atoms with Gasteiger partial charge in [0.1, 0.15) is 41.1 Å². The largest absolute Gasteiger partial charge is 0.490 e. The highest BCUT2D eigenvalue weighted by molar-refractivity contribution is 5.96. The average Bonchev–Trinajstić information content (AvgIpc) is 3.37. The Labute approximate surface area is 252 Å². The normalized spacial score (nSPS) is 14.0. The number of benzene rings is 4. The molecule has 0 bridgehead atoms. The number of carbonyl (C=O) groups excluding carboxylic acids is 1. The van der Waals surface area contributed by atoms with Crippen LogP contribution in [0.3, 0.4) is 0 Å². The maximum absolute atomic E-state index is 13.3. The summed E-state index contributed by atoms with van der Waals surface area (Å²) >= 11 is 0. The van der Waals surface area contributed by atoms with Gasteiger partial charge in [-0.1, -0.05) is 42.5 Å². The van der Waals surface area contributed by atoms with E-state index in [1.807, 2.05) is 31.2 Å². The number of aryl methyl sites for hydroxylation is 1. The number of nitrogens with two attached hydrogens (primary N) is 1. The number of esters is 1. The van der Waals surface area contributed by atoms with Crippen LogP contribution in [0, 0.1) is 24.1 Å². The molecular weight excluding hydrogens is 563 g/mol. The zero-order valence-corrected chi connectivity index (χ0v) is 23.9. The fourth-order valence-corrected chi connectivity index (χ4v) is 5.20. The van der Waals surface area contributed by atoms with Gasteiger partial charge in [-0.3, -0.25) is 0 Å². The van der Waals surface area contributed by atoms with Crippen molar-refractivity contribution in [2.24, 2.45) is 5.73 Å². The number of ether oxygens (including phenoxy) is 4. The smallest absolute Gasteiger partial charge is 0.379 e. The molecule has 0 amide bonds. The van der Waals surface area contributed by atoms with Crippen molar-refractivity contribution >= 4 is 16.9 Å². The second-order valence-corrected chi connectivity index (χ2v) is 10.1. The van der Waals surface area contributed by atoms with Gasteiger partial charge in [0, 0.05) is 22.6 Å². The van der Waals surface area contributed by atoms with E-state index in [-0.39, 0.29) is 35.4 Å². The molecule has 1 atom stereocenters. The Hall–Kier alpha value is -5.75. The van der Waals surface area contributed by atoms with E-state index >= 15 is 0 Å². The molecule has 9 heteroatoms. The van der Waals surface area contributed by atoms with E-state index in [0.29, 0.717) is 46.1 Å². The molecule has 8 nitrogen and oxygen atoms in total. The van der Waals surface area contributed by atoms with E-state index in [2.05, 4.69) is 6.07 Å².